The molecule has 0 unspecified atom stereocenters. The molecule has 3 heterocycles. The number of furan rings is 1. The molecule has 0 saturated carbocycles. The molecule has 8 nitrogen and oxygen atoms in total. The van der Waals surface area contributed by atoms with Gasteiger partial charge in [0.15, 0.2) is 11.5 Å². The Kier molecular flexibility index (Phi) is 5.85. The van der Waals surface area contributed by atoms with Gasteiger partial charge in [0.05, 0.1) is 6.26 Å². The van der Waals surface area contributed by atoms with Crippen LogP contribution in [0.4, 0.5) is 5.88 Å². The van der Waals surface area contributed by atoms with E-state index in [9.17, 15) is 14.9 Å². The Hall–Kier alpha value is -3.86. The lowest BCUT2D eigenvalue weighted by Crippen LogP contribution is -2.49. The van der Waals surface area contributed by atoms with Gasteiger partial charge in [0.2, 0.25) is 17.5 Å². The van der Waals surface area contributed by atoms with Gasteiger partial charge in [-0.2, -0.15) is 10.2 Å². The summed E-state index contributed by atoms with van der Waals surface area (Å²) in [6, 6.07) is 12.9. The van der Waals surface area contributed by atoms with Crippen LogP contribution in [0.3, 0.4) is 0 Å². The predicted octanol–water partition coefficient (Wildman–Crippen LogP) is 3.43. The van der Waals surface area contributed by atoms with Crippen LogP contribution in [0, 0.1) is 18.3 Å². The van der Waals surface area contributed by atoms with E-state index in [-0.39, 0.29) is 36.1 Å². The Morgan fingerprint density at radius 2 is 1.84 bits per heavy atom. The van der Waals surface area contributed by atoms with E-state index in [1.807, 2.05) is 24.0 Å². The van der Waals surface area contributed by atoms with Gasteiger partial charge in [0, 0.05) is 44.6 Å². The average Bonchev–Trinajstić information content (AvgIpc) is 3.47. The van der Waals surface area contributed by atoms with Crippen molar-refractivity contribution in [3.8, 4) is 17.7 Å². The number of benzene rings is 1. The van der Waals surface area contributed by atoms with Crippen LogP contribution in [0.2, 0.25) is 0 Å². The average molecular weight is 418 g/mol. The highest BCUT2D eigenvalue weighted by atomic mass is 16.4. The van der Waals surface area contributed by atoms with Gasteiger partial charge in [-0.05, 0) is 19.1 Å². The normalized spacial score (nSPS) is 13.8. The maximum Gasteiger partial charge on any atom is 0.266 e. The Balaban J connectivity index is 1.32. The summed E-state index contributed by atoms with van der Waals surface area (Å²) in [5.41, 5.74) is 1.91. The first kappa shape index (κ1) is 20.4. The topological polar surface area (TPSA) is 104 Å². The van der Waals surface area contributed by atoms with E-state index in [0.717, 1.165) is 5.56 Å². The van der Waals surface area contributed by atoms with Gasteiger partial charge in [-0.25, -0.2) is 0 Å². The molecule has 0 aliphatic carbocycles. The van der Waals surface area contributed by atoms with Crippen LogP contribution >= 0.6 is 0 Å². The number of nitrogens with zero attached hydrogens (tertiary/aromatic N) is 4. The maximum absolute atomic E-state index is 12.6. The molecule has 0 atom stereocenters. The highest BCUT2D eigenvalue weighted by Crippen LogP contribution is 2.29. The summed E-state index contributed by atoms with van der Waals surface area (Å²) >= 11 is 0. The molecular weight excluding hydrogens is 396 g/mol. The lowest BCUT2D eigenvalue weighted by atomic mass is 10.0. The number of hydrogen-bond acceptors (Lipinski definition) is 7. The maximum atomic E-state index is 12.6. The third-order valence-corrected chi connectivity index (χ3v) is 5.31. The van der Waals surface area contributed by atoms with Crippen LogP contribution in [0.5, 0.6) is 0 Å². The minimum Gasteiger partial charge on any atom is -0.459 e. The number of piperazine rings is 1. The fourth-order valence-corrected chi connectivity index (χ4v) is 3.53. The van der Waals surface area contributed by atoms with E-state index in [1.54, 1.807) is 29.2 Å². The van der Waals surface area contributed by atoms with E-state index in [0.29, 0.717) is 43.4 Å². The molecule has 2 aromatic heterocycles. The number of amides is 1. The van der Waals surface area contributed by atoms with Gasteiger partial charge < -0.3 is 18.6 Å². The Labute approximate surface area is 179 Å². The second-order valence-corrected chi connectivity index (χ2v) is 7.42. The number of ketones is 1. The van der Waals surface area contributed by atoms with Crippen LogP contribution in [0.25, 0.3) is 11.7 Å². The van der Waals surface area contributed by atoms with Crippen molar-refractivity contribution < 1.29 is 18.4 Å². The molecule has 1 amide bonds. The molecule has 8 heteroatoms. The number of carbonyl (C=O) groups excluding carboxylic acids is 2. The summed E-state index contributed by atoms with van der Waals surface area (Å²) in [5.74, 6) is 1.02. The highest BCUT2D eigenvalue weighted by Gasteiger charge is 2.27. The lowest BCUT2D eigenvalue weighted by Gasteiger charge is -2.34. The molecule has 0 bridgehead atoms. The molecule has 1 saturated heterocycles. The van der Waals surface area contributed by atoms with Gasteiger partial charge in [-0.1, -0.05) is 29.8 Å². The van der Waals surface area contributed by atoms with Crippen LogP contribution in [-0.2, 0) is 4.79 Å². The van der Waals surface area contributed by atoms with Gasteiger partial charge in [-0.3, -0.25) is 9.59 Å². The smallest absolute Gasteiger partial charge is 0.266 e. The van der Waals surface area contributed by atoms with E-state index in [2.05, 4.69) is 11.1 Å². The molecule has 158 valence electrons. The van der Waals surface area contributed by atoms with Crippen molar-refractivity contribution in [3.05, 3.63) is 59.5 Å². The molecule has 0 radical (unpaired) electrons. The second-order valence-electron chi connectivity index (χ2n) is 7.42. The lowest BCUT2D eigenvalue weighted by molar-refractivity contribution is -0.131. The van der Waals surface area contributed by atoms with Crippen molar-refractivity contribution >= 4 is 17.6 Å². The number of hydrogen-bond donors (Lipinski definition) is 0. The zero-order chi connectivity index (χ0) is 21.8. The van der Waals surface area contributed by atoms with E-state index >= 15 is 0 Å². The van der Waals surface area contributed by atoms with Gasteiger partial charge in [0.25, 0.3) is 5.89 Å². The second kappa shape index (κ2) is 8.88. The fourth-order valence-electron chi connectivity index (χ4n) is 3.53. The Morgan fingerprint density at radius 3 is 2.48 bits per heavy atom. The summed E-state index contributed by atoms with van der Waals surface area (Å²) in [5, 5.41) is 9.40. The minimum absolute atomic E-state index is 0.0298. The summed E-state index contributed by atoms with van der Waals surface area (Å²) in [6.07, 6.45) is 1.88. The summed E-state index contributed by atoms with van der Waals surface area (Å²) in [6.45, 7) is 3.96. The SMILES string of the molecule is Cc1ccc(C(=O)CCC(=O)N2CCN(c3oc(-c4ccco4)nc3C#N)CC2)cc1. The van der Waals surface area contributed by atoms with E-state index in [1.165, 1.54) is 6.26 Å². The Bertz CT molecular complexity index is 1100. The van der Waals surface area contributed by atoms with Crippen molar-refractivity contribution in [2.75, 3.05) is 31.1 Å². The predicted molar refractivity (Wildman–Crippen MR) is 112 cm³/mol. The molecule has 1 aliphatic rings. The molecule has 0 spiro atoms. The monoisotopic (exact) mass is 418 g/mol. The van der Waals surface area contributed by atoms with Crippen molar-refractivity contribution in [1.82, 2.24) is 9.88 Å². The van der Waals surface area contributed by atoms with Crippen LogP contribution in [-0.4, -0.2) is 47.8 Å². The zero-order valence-corrected chi connectivity index (χ0v) is 17.2. The van der Waals surface area contributed by atoms with Crippen LogP contribution < -0.4 is 4.90 Å². The molecule has 4 rings (SSSR count). The third kappa shape index (κ3) is 4.51. The summed E-state index contributed by atoms with van der Waals surface area (Å²) in [4.78, 5) is 32.7. The molecular formula is C23H22N4O4. The number of nitriles is 1. The molecule has 1 aliphatic heterocycles. The van der Waals surface area contributed by atoms with Crippen LogP contribution in [0.15, 0.2) is 51.5 Å². The minimum atomic E-state index is -0.0468. The standard InChI is InChI=1S/C23H22N4O4/c1-16-4-6-17(7-5-16)19(28)8-9-21(29)26-10-12-27(13-11-26)23-18(15-24)25-22(31-23)20-3-2-14-30-20/h2-7,14H,8-13H2,1H3. The van der Waals surface area contributed by atoms with Gasteiger partial charge in [0.1, 0.15) is 6.07 Å². The largest absolute Gasteiger partial charge is 0.459 e. The van der Waals surface area contributed by atoms with Crippen molar-refractivity contribution in [2.45, 2.75) is 19.8 Å². The first-order chi connectivity index (χ1) is 15.0. The number of aromatic nitrogens is 1. The molecule has 31 heavy (non-hydrogen) atoms. The van der Waals surface area contributed by atoms with E-state index in [4.69, 9.17) is 8.83 Å². The number of oxazole rings is 1. The van der Waals surface area contributed by atoms with E-state index < -0.39 is 0 Å². The fraction of sp³-hybridized carbons (Fsp3) is 0.304. The Morgan fingerprint density at radius 1 is 1.10 bits per heavy atom. The number of Topliss-reactive ketones (excluding diaryl/α,β-unsaturated/α-hetero) is 1. The summed E-state index contributed by atoms with van der Waals surface area (Å²) in [7, 11) is 0. The highest BCUT2D eigenvalue weighted by molar-refractivity contribution is 5.98. The first-order valence-electron chi connectivity index (χ1n) is 10.1. The zero-order valence-electron chi connectivity index (χ0n) is 17.2. The molecule has 3 aromatic rings. The quantitative estimate of drug-likeness (QED) is 0.565. The molecule has 1 fully saturated rings. The first-order valence-corrected chi connectivity index (χ1v) is 10.1. The molecule has 0 N–H and O–H groups in total. The van der Waals surface area contributed by atoms with Gasteiger partial charge in [-0.15, -0.1) is 0 Å². The number of anilines is 1. The number of carbonyl (C=O) groups is 2. The third-order valence-electron chi connectivity index (χ3n) is 5.31. The van der Waals surface area contributed by atoms with Crippen molar-refractivity contribution in [2.24, 2.45) is 0 Å². The molecule has 1 aromatic carbocycles. The number of rotatable bonds is 6. The van der Waals surface area contributed by atoms with Crippen molar-refractivity contribution in [3.63, 3.8) is 0 Å². The van der Waals surface area contributed by atoms with Gasteiger partial charge >= 0.3 is 0 Å². The number of aryl methyl sites for hydroxylation is 1. The summed E-state index contributed by atoms with van der Waals surface area (Å²) < 4.78 is 11.1. The van der Waals surface area contributed by atoms with Crippen molar-refractivity contribution in [1.29, 1.82) is 5.26 Å². The van der Waals surface area contributed by atoms with Crippen LogP contribution in [0.1, 0.15) is 34.5 Å².